The highest BCUT2D eigenvalue weighted by molar-refractivity contribution is 9.10. The van der Waals surface area contributed by atoms with Crippen LogP contribution in [0, 0.1) is 0 Å². The Bertz CT molecular complexity index is 863. The Morgan fingerprint density at radius 1 is 1.33 bits per heavy atom. The summed E-state index contributed by atoms with van der Waals surface area (Å²) >= 11 is 8.73. The van der Waals surface area contributed by atoms with Crippen LogP contribution in [0.2, 0.25) is 0 Å². The molecular formula is C16H11BrN2O4S. The molecule has 0 bridgehead atoms. The van der Waals surface area contributed by atoms with Crippen molar-refractivity contribution in [1.29, 1.82) is 0 Å². The summed E-state index contributed by atoms with van der Waals surface area (Å²) in [5.41, 5.74) is 1.18. The third-order valence-electron chi connectivity index (χ3n) is 3.65. The maximum atomic E-state index is 12.6. The molecule has 3 heterocycles. The average Bonchev–Trinajstić information content (AvgIpc) is 3.26. The van der Waals surface area contributed by atoms with Crippen molar-refractivity contribution < 1.29 is 18.7 Å². The van der Waals surface area contributed by atoms with Crippen LogP contribution in [-0.4, -0.2) is 22.7 Å². The number of ether oxygens (including phenoxy) is 2. The van der Waals surface area contributed by atoms with E-state index in [-0.39, 0.29) is 19.2 Å². The topological polar surface area (TPSA) is 63.9 Å². The van der Waals surface area contributed by atoms with Crippen LogP contribution < -0.4 is 14.8 Å². The number of carbonyl (C=O) groups excluding carboxylic acids is 1. The van der Waals surface area contributed by atoms with Crippen LogP contribution in [0.1, 0.15) is 11.3 Å². The van der Waals surface area contributed by atoms with E-state index >= 15 is 0 Å². The zero-order valence-corrected chi connectivity index (χ0v) is 14.6. The number of carbonyl (C=O) groups is 1. The Balaban J connectivity index is 1.62. The van der Waals surface area contributed by atoms with Crippen molar-refractivity contribution in [3.63, 3.8) is 0 Å². The largest absolute Gasteiger partial charge is 0.467 e. The Morgan fingerprint density at radius 2 is 2.12 bits per heavy atom. The normalized spacial score (nSPS) is 17.7. The van der Waals surface area contributed by atoms with Gasteiger partial charge in [0.2, 0.25) is 6.79 Å². The Kier molecular flexibility index (Phi) is 3.78. The number of hydrogen-bond acceptors (Lipinski definition) is 5. The molecule has 2 aliphatic heterocycles. The first-order valence-electron chi connectivity index (χ1n) is 7.08. The van der Waals surface area contributed by atoms with Crippen molar-refractivity contribution in [3.05, 3.63) is 52.0 Å². The molecule has 1 amide bonds. The van der Waals surface area contributed by atoms with E-state index in [1.807, 2.05) is 12.1 Å². The van der Waals surface area contributed by atoms with E-state index < -0.39 is 0 Å². The Hall–Kier alpha value is -2.32. The smallest absolute Gasteiger partial charge is 0.276 e. The second-order valence-corrected chi connectivity index (χ2v) is 6.43. The van der Waals surface area contributed by atoms with Crippen LogP contribution in [-0.2, 0) is 11.3 Å². The zero-order valence-electron chi connectivity index (χ0n) is 12.2. The summed E-state index contributed by atoms with van der Waals surface area (Å²) in [7, 11) is 0. The SMILES string of the molecule is O=C1/C(=C/c2cc3c(cc2Br)OCO3)NC(=S)N1Cc1ccco1. The van der Waals surface area contributed by atoms with Crippen molar-refractivity contribution in [2.45, 2.75) is 6.54 Å². The van der Waals surface area contributed by atoms with Gasteiger partial charge in [-0.1, -0.05) is 15.9 Å². The van der Waals surface area contributed by atoms with Crippen molar-refractivity contribution in [2.24, 2.45) is 0 Å². The fraction of sp³-hybridized carbons (Fsp3) is 0.125. The fourth-order valence-electron chi connectivity index (χ4n) is 2.47. The summed E-state index contributed by atoms with van der Waals surface area (Å²) in [6.07, 6.45) is 3.29. The van der Waals surface area contributed by atoms with E-state index in [0.717, 1.165) is 10.0 Å². The average molecular weight is 407 g/mol. The molecule has 0 saturated carbocycles. The summed E-state index contributed by atoms with van der Waals surface area (Å²) in [5.74, 6) is 1.77. The number of furan rings is 1. The van der Waals surface area contributed by atoms with Crippen LogP contribution in [0.3, 0.4) is 0 Å². The monoisotopic (exact) mass is 406 g/mol. The molecule has 2 aliphatic rings. The molecule has 0 spiro atoms. The molecule has 0 radical (unpaired) electrons. The third kappa shape index (κ3) is 2.67. The van der Waals surface area contributed by atoms with E-state index in [4.69, 9.17) is 26.1 Å². The highest BCUT2D eigenvalue weighted by atomic mass is 79.9. The molecule has 0 aliphatic carbocycles. The van der Waals surface area contributed by atoms with Gasteiger partial charge in [-0.3, -0.25) is 9.69 Å². The quantitative estimate of drug-likeness (QED) is 0.624. The second kappa shape index (κ2) is 5.95. The summed E-state index contributed by atoms with van der Waals surface area (Å²) in [6, 6.07) is 7.19. The maximum Gasteiger partial charge on any atom is 0.276 e. The summed E-state index contributed by atoms with van der Waals surface area (Å²) in [6.45, 7) is 0.483. The summed E-state index contributed by atoms with van der Waals surface area (Å²) in [4.78, 5) is 14.0. The number of thiocarbonyl (C=S) groups is 1. The minimum absolute atomic E-state index is 0.194. The van der Waals surface area contributed by atoms with E-state index in [9.17, 15) is 4.79 Å². The first-order chi connectivity index (χ1) is 11.6. The van der Waals surface area contributed by atoms with Crippen LogP contribution in [0.5, 0.6) is 11.5 Å². The number of fused-ring (bicyclic) bond motifs is 1. The molecule has 1 aromatic carbocycles. The molecule has 6 nitrogen and oxygen atoms in total. The van der Waals surface area contributed by atoms with Gasteiger partial charge < -0.3 is 19.2 Å². The molecule has 0 atom stereocenters. The lowest BCUT2D eigenvalue weighted by Gasteiger charge is -2.11. The standard InChI is InChI=1S/C16H11BrN2O4S/c17-11-6-14-13(22-8-23-14)5-9(11)4-12-15(20)19(16(24)18-12)7-10-2-1-3-21-10/h1-6H,7-8H2,(H,18,24)/b12-4-. The van der Waals surface area contributed by atoms with Gasteiger partial charge in [-0.15, -0.1) is 0 Å². The van der Waals surface area contributed by atoms with Gasteiger partial charge in [-0.25, -0.2) is 0 Å². The lowest BCUT2D eigenvalue weighted by Crippen LogP contribution is -2.29. The van der Waals surface area contributed by atoms with Gasteiger partial charge in [0.1, 0.15) is 11.5 Å². The first-order valence-corrected chi connectivity index (χ1v) is 8.28. The molecular weight excluding hydrogens is 396 g/mol. The number of amides is 1. The number of nitrogens with one attached hydrogen (secondary N) is 1. The summed E-state index contributed by atoms with van der Waals surface area (Å²) < 4.78 is 16.8. The van der Waals surface area contributed by atoms with Crippen molar-refractivity contribution >= 4 is 45.2 Å². The van der Waals surface area contributed by atoms with Gasteiger partial charge in [-0.05, 0) is 48.1 Å². The predicted octanol–water partition coefficient (Wildman–Crippen LogP) is 3.03. The predicted molar refractivity (Wildman–Crippen MR) is 93.2 cm³/mol. The molecule has 1 fully saturated rings. The van der Waals surface area contributed by atoms with E-state index in [0.29, 0.717) is 28.1 Å². The van der Waals surface area contributed by atoms with Crippen LogP contribution in [0.25, 0.3) is 6.08 Å². The molecule has 8 heteroatoms. The minimum Gasteiger partial charge on any atom is -0.467 e. The molecule has 1 saturated heterocycles. The van der Waals surface area contributed by atoms with Crippen molar-refractivity contribution in [1.82, 2.24) is 10.2 Å². The third-order valence-corrected chi connectivity index (χ3v) is 4.66. The molecule has 1 aromatic heterocycles. The van der Waals surface area contributed by atoms with Gasteiger partial charge in [0.05, 0.1) is 12.8 Å². The molecule has 4 rings (SSSR count). The lowest BCUT2D eigenvalue weighted by molar-refractivity contribution is -0.122. The number of nitrogens with zero attached hydrogens (tertiary/aromatic N) is 1. The van der Waals surface area contributed by atoms with Crippen LogP contribution in [0.4, 0.5) is 0 Å². The minimum atomic E-state index is -0.207. The van der Waals surface area contributed by atoms with Gasteiger partial charge in [0.25, 0.3) is 5.91 Å². The highest BCUT2D eigenvalue weighted by Gasteiger charge is 2.31. The molecule has 0 unspecified atom stereocenters. The number of rotatable bonds is 3. The van der Waals surface area contributed by atoms with Crippen LogP contribution in [0.15, 0.2) is 45.1 Å². The van der Waals surface area contributed by atoms with E-state index in [2.05, 4.69) is 21.2 Å². The molecule has 1 N–H and O–H groups in total. The maximum absolute atomic E-state index is 12.6. The Morgan fingerprint density at radius 3 is 2.88 bits per heavy atom. The lowest BCUT2D eigenvalue weighted by atomic mass is 10.1. The van der Waals surface area contributed by atoms with Crippen molar-refractivity contribution in [2.75, 3.05) is 6.79 Å². The fourth-order valence-corrected chi connectivity index (χ4v) is 3.17. The number of hydrogen-bond donors (Lipinski definition) is 1. The van der Waals surface area contributed by atoms with E-state index in [1.54, 1.807) is 24.5 Å². The molecule has 122 valence electrons. The number of halogens is 1. The van der Waals surface area contributed by atoms with Gasteiger partial charge >= 0.3 is 0 Å². The molecule has 24 heavy (non-hydrogen) atoms. The second-order valence-electron chi connectivity index (χ2n) is 5.19. The van der Waals surface area contributed by atoms with Crippen LogP contribution >= 0.6 is 28.1 Å². The Labute approximate surface area is 151 Å². The van der Waals surface area contributed by atoms with Gasteiger partial charge in [0.15, 0.2) is 16.6 Å². The first kappa shape index (κ1) is 15.2. The zero-order chi connectivity index (χ0) is 16.7. The van der Waals surface area contributed by atoms with Gasteiger partial charge in [0, 0.05) is 4.47 Å². The molecule has 2 aromatic rings. The van der Waals surface area contributed by atoms with E-state index in [1.165, 1.54) is 4.90 Å². The van der Waals surface area contributed by atoms with Gasteiger partial charge in [-0.2, -0.15) is 0 Å². The van der Waals surface area contributed by atoms with Crippen molar-refractivity contribution in [3.8, 4) is 11.5 Å². The highest BCUT2D eigenvalue weighted by Crippen LogP contribution is 2.37. The summed E-state index contributed by atoms with van der Waals surface area (Å²) in [5, 5.41) is 3.29. The number of benzene rings is 1.